The third kappa shape index (κ3) is 3.65. The number of anilines is 1. The summed E-state index contributed by atoms with van der Waals surface area (Å²) in [5, 5.41) is 13.5. The summed E-state index contributed by atoms with van der Waals surface area (Å²) >= 11 is 6.07. The first-order valence-corrected chi connectivity index (χ1v) is 9.53. The molecule has 0 amide bonds. The lowest BCUT2D eigenvalue weighted by molar-refractivity contribution is 0.562. The van der Waals surface area contributed by atoms with Crippen LogP contribution in [-0.2, 0) is 11.0 Å². The first-order chi connectivity index (χ1) is 14.0. The molecule has 1 aromatic carbocycles. The maximum Gasteiger partial charge on any atom is 0.162 e. The third-order valence-corrected chi connectivity index (χ3v) is 5.35. The number of hydrogen-bond acceptors (Lipinski definition) is 5. The van der Waals surface area contributed by atoms with Gasteiger partial charge >= 0.3 is 0 Å². The molecule has 11 heteroatoms. The maximum absolute atomic E-state index is 13.9. The second-order valence-electron chi connectivity index (χ2n) is 5.75. The lowest BCUT2D eigenvalue weighted by Crippen LogP contribution is -2.08. The fourth-order valence-corrected chi connectivity index (χ4v) is 3.64. The minimum Gasteiger partial charge on any atom is -0.298 e. The zero-order valence-corrected chi connectivity index (χ0v) is 15.9. The fraction of sp³-hybridized carbons (Fsp3) is 0. The van der Waals surface area contributed by atoms with Crippen LogP contribution in [0.2, 0.25) is 5.15 Å². The van der Waals surface area contributed by atoms with Crippen molar-refractivity contribution in [2.24, 2.45) is 0 Å². The normalized spacial score (nSPS) is 11.9. The molecule has 0 aliphatic rings. The van der Waals surface area contributed by atoms with Crippen LogP contribution in [0.3, 0.4) is 0 Å². The number of rotatable bonds is 4. The largest absolute Gasteiger partial charge is 0.298 e. The Kier molecular flexibility index (Phi) is 4.92. The number of pyridine rings is 1. The molecule has 4 rings (SSSR count). The monoisotopic (exact) mass is 430 g/mol. The quantitative estimate of drug-likeness (QED) is 0.498. The molecule has 0 saturated heterocycles. The van der Waals surface area contributed by atoms with E-state index in [-0.39, 0.29) is 21.4 Å². The molecular formula is C18H9ClF2N6OS. The van der Waals surface area contributed by atoms with Gasteiger partial charge in [0.15, 0.2) is 27.5 Å². The zero-order valence-electron chi connectivity index (χ0n) is 14.3. The predicted molar refractivity (Wildman–Crippen MR) is 102 cm³/mol. The summed E-state index contributed by atoms with van der Waals surface area (Å²) in [6.45, 7) is 0. The van der Waals surface area contributed by atoms with Gasteiger partial charge in [0.1, 0.15) is 17.7 Å². The van der Waals surface area contributed by atoms with E-state index >= 15 is 0 Å². The zero-order chi connectivity index (χ0) is 20.5. The Morgan fingerprint density at radius 2 is 1.97 bits per heavy atom. The Hall–Kier alpha value is -3.42. The van der Waals surface area contributed by atoms with Gasteiger partial charge < -0.3 is 0 Å². The molecule has 3 aromatic heterocycles. The van der Waals surface area contributed by atoms with E-state index in [4.69, 9.17) is 16.9 Å². The molecule has 4 aromatic rings. The Morgan fingerprint density at radius 1 is 1.14 bits per heavy atom. The highest BCUT2D eigenvalue weighted by Gasteiger charge is 2.15. The first-order valence-electron chi connectivity index (χ1n) is 8.00. The van der Waals surface area contributed by atoms with Crippen molar-refractivity contribution in [3.8, 4) is 17.3 Å². The average Bonchev–Trinajstić information content (AvgIpc) is 3.11. The maximum atomic E-state index is 13.9. The molecule has 0 aliphatic carbocycles. The second kappa shape index (κ2) is 7.54. The molecule has 1 atom stereocenters. The molecule has 0 bridgehead atoms. The summed E-state index contributed by atoms with van der Waals surface area (Å²) in [4.78, 5) is 7.87. The first kappa shape index (κ1) is 18.9. The van der Waals surface area contributed by atoms with Gasteiger partial charge in [0.25, 0.3) is 0 Å². The summed E-state index contributed by atoms with van der Waals surface area (Å²) in [5.74, 6) is -1.73. The number of hydrogen-bond donors (Lipinski definition) is 1. The van der Waals surface area contributed by atoms with Crippen molar-refractivity contribution < 1.29 is 13.0 Å². The van der Waals surface area contributed by atoms with E-state index < -0.39 is 22.6 Å². The number of fused-ring (bicyclic) bond motifs is 1. The predicted octanol–water partition coefficient (Wildman–Crippen LogP) is 3.73. The van der Waals surface area contributed by atoms with Crippen molar-refractivity contribution in [2.75, 3.05) is 4.72 Å². The Labute approximate surface area is 170 Å². The fourth-order valence-electron chi connectivity index (χ4n) is 2.54. The molecule has 3 heterocycles. The number of nitriles is 1. The highest BCUT2D eigenvalue weighted by atomic mass is 35.5. The topological polar surface area (TPSA) is 96.0 Å². The van der Waals surface area contributed by atoms with Gasteiger partial charge in [0.05, 0.1) is 22.5 Å². The van der Waals surface area contributed by atoms with E-state index in [1.807, 2.05) is 6.07 Å². The Balaban J connectivity index is 1.69. The van der Waals surface area contributed by atoms with E-state index in [1.54, 1.807) is 12.1 Å². The molecule has 1 N–H and O–H groups in total. The van der Waals surface area contributed by atoms with Crippen LogP contribution >= 0.6 is 11.6 Å². The van der Waals surface area contributed by atoms with Crippen LogP contribution in [0.25, 0.3) is 16.9 Å². The van der Waals surface area contributed by atoms with Gasteiger partial charge in [-0.15, -0.1) is 0 Å². The molecule has 0 radical (unpaired) electrons. The molecular weight excluding hydrogens is 422 g/mol. The van der Waals surface area contributed by atoms with Crippen LogP contribution in [0, 0.1) is 23.0 Å². The van der Waals surface area contributed by atoms with Crippen LogP contribution < -0.4 is 4.72 Å². The summed E-state index contributed by atoms with van der Waals surface area (Å²) in [5.41, 5.74) is 1.89. The number of nitrogens with zero attached hydrogens (tertiary/aromatic N) is 5. The molecule has 0 saturated carbocycles. The van der Waals surface area contributed by atoms with Crippen molar-refractivity contribution in [1.82, 2.24) is 19.6 Å². The molecule has 7 nitrogen and oxygen atoms in total. The van der Waals surface area contributed by atoms with Crippen LogP contribution in [-0.4, -0.2) is 23.8 Å². The Bertz CT molecular complexity index is 1320. The highest BCUT2D eigenvalue weighted by Crippen LogP contribution is 2.27. The van der Waals surface area contributed by atoms with Crippen molar-refractivity contribution in [3.63, 3.8) is 0 Å². The number of imidazole rings is 1. The van der Waals surface area contributed by atoms with Gasteiger partial charge in [-0.2, -0.15) is 10.4 Å². The standard InChI is InChI=1S/C18H9ClF2N6OS/c19-18-15(26-29(28)16-3-1-11(20)6-13(16)21)5-10(8-24-18)14-2-4-17-23-9-12(7-22)27(17)25-14/h1-6,8-9,26H. The van der Waals surface area contributed by atoms with Gasteiger partial charge in [0, 0.05) is 17.8 Å². The van der Waals surface area contributed by atoms with Crippen LogP contribution in [0.15, 0.2) is 53.7 Å². The number of benzene rings is 1. The van der Waals surface area contributed by atoms with E-state index in [9.17, 15) is 13.0 Å². The lowest BCUT2D eigenvalue weighted by atomic mass is 10.2. The van der Waals surface area contributed by atoms with Crippen LogP contribution in [0.5, 0.6) is 0 Å². The summed E-state index contributed by atoms with van der Waals surface area (Å²) in [6, 6.07) is 9.60. The van der Waals surface area contributed by atoms with Crippen LogP contribution in [0.4, 0.5) is 14.5 Å². The van der Waals surface area contributed by atoms with E-state index in [2.05, 4.69) is 19.8 Å². The Morgan fingerprint density at radius 3 is 2.72 bits per heavy atom. The van der Waals surface area contributed by atoms with Gasteiger partial charge in [-0.3, -0.25) is 4.72 Å². The SMILES string of the molecule is N#Cc1cnc2ccc(-c3cnc(Cl)c(NS(=O)c4ccc(F)cc4F)c3)nn12. The van der Waals surface area contributed by atoms with Gasteiger partial charge in [-0.1, -0.05) is 11.6 Å². The molecule has 1 unspecified atom stereocenters. The molecule has 144 valence electrons. The van der Waals surface area contributed by atoms with Crippen molar-refractivity contribution in [2.45, 2.75) is 4.90 Å². The number of aromatic nitrogens is 4. The minimum atomic E-state index is -2.04. The molecule has 0 fully saturated rings. The van der Waals surface area contributed by atoms with Crippen molar-refractivity contribution >= 4 is 33.9 Å². The van der Waals surface area contributed by atoms with Gasteiger partial charge in [-0.05, 0) is 30.3 Å². The smallest absolute Gasteiger partial charge is 0.162 e. The van der Waals surface area contributed by atoms with E-state index in [0.717, 1.165) is 12.1 Å². The molecule has 29 heavy (non-hydrogen) atoms. The van der Waals surface area contributed by atoms with Crippen molar-refractivity contribution in [1.29, 1.82) is 5.26 Å². The molecule has 0 aliphatic heterocycles. The molecule has 0 spiro atoms. The minimum absolute atomic E-state index is 0.00560. The van der Waals surface area contributed by atoms with Crippen molar-refractivity contribution in [3.05, 3.63) is 71.3 Å². The average molecular weight is 431 g/mol. The van der Waals surface area contributed by atoms with Gasteiger partial charge in [0.2, 0.25) is 0 Å². The summed E-state index contributed by atoms with van der Waals surface area (Å²) in [6.07, 6.45) is 2.85. The number of halogens is 3. The summed E-state index contributed by atoms with van der Waals surface area (Å²) < 4.78 is 43.3. The lowest BCUT2D eigenvalue weighted by Gasteiger charge is -2.10. The second-order valence-corrected chi connectivity index (χ2v) is 7.29. The van der Waals surface area contributed by atoms with Gasteiger partial charge in [-0.25, -0.2) is 27.5 Å². The number of nitrogens with one attached hydrogen (secondary N) is 1. The summed E-state index contributed by atoms with van der Waals surface area (Å²) in [7, 11) is -2.04. The van der Waals surface area contributed by atoms with E-state index in [1.165, 1.54) is 23.0 Å². The van der Waals surface area contributed by atoms with Crippen LogP contribution in [0.1, 0.15) is 5.69 Å². The highest BCUT2D eigenvalue weighted by molar-refractivity contribution is 7.86. The third-order valence-electron chi connectivity index (χ3n) is 3.91. The van der Waals surface area contributed by atoms with E-state index in [0.29, 0.717) is 23.0 Å².